The van der Waals surface area contributed by atoms with E-state index in [2.05, 4.69) is 15.9 Å². The Hall–Kier alpha value is -2.21. The van der Waals surface area contributed by atoms with Gasteiger partial charge in [-0.3, -0.25) is 0 Å². The van der Waals surface area contributed by atoms with Gasteiger partial charge >= 0.3 is 0 Å². The summed E-state index contributed by atoms with van der Waals surface area (Å²) in [5, 5.41) is 8.07. The first-order valence-electron chi connectivity index (χ1n) is 9.45. The quantitative estimate of drug-likeness (QED) is 0.385. The normalized spacial score (nSPS) is 19.6. The number of benzene rings is 3. The molecule has 152 valence electrons. The molecule has 0 fully saturated rings. The molecule has 5 rings (SSSR count). The van der Waals surface area contributed by atoms with Crippen molar-refractivity contribution in [2.75, 3.05) is 7.11 Å². The molecule has 0 bridgehead atoms. The summed E-state index contributed by atoms with van der Waals surface area (Å²) in [6, 6.07) is 19.6. The standard InChI is InChI=1S/C23H17BrCl2N2O2/c1-29-17-7-5-13(6-8-17)20-12-21-18-10-16(25)11-19(26)22(18)30-23(28(21)27-20)14-3-2-4-15(24)9-14/h2-11,21,23H,12H2,1H3/t21-,23-/m0/s1. The fourth-order valence-corrected chi connectivity index (χ4v) is 4.92. The highest BCUT2D eigenvalue weighted by Crippen LogP contribution is 2.50. The Morgan fingerprint density at radius 3 is 2.63 bits per heavy atom. The highest BCUT2D eigenvalue weighted by molar-refractivity contribution is 9.10. The Morgan fingerprint density at radius 1 is 1.10 bits per heavy atom. The zero-order chi connectivity index (χ0) is 20.8. The molecule has 0 radical (unpaired) electrons. The van der Waals surface area contributed by atoms with Crippen LogP contribution in [-0.4, -0.2) is 17.8 Å². The number of halogens is 3. The van der Waals surface area contributed by atoms with Gasteiger partial charge in [-0.15, -0.1) is 0 Å². The Kier molecular flexibility index (Phi) is 5.13. The maximum absolute atomic E-state index is 6.52. The fourth-order valence-electron chi connectivity index (χ4n) is 3.95. The molecule has 0 unspecified atom stereocenters. The number of ether oxygens (including phenoxy) is 2. The summed E-state index contributed by atoms with van der Waals surface area (Å²) in [5.74, 6) is 1.48. The van der Waals surface area contributed by atoms with Crippen LogP contribution in [0.15, 0.2) is 70.2 Å². The van der Waals surface area contributed by atoms with Crippen LogP contribution >= 0.6 is 39.1 Å². The number of hydrazone groups is 1. The van der Waals surface area contributed by atoms with Crippen molar-refractivity contribution in [3.05, 3.63) is 91.9 Å². The largest absolute Gasteiger partial charge is 0.497 e. The summed E-state index contributed by atoms with van der Waals surface area (Å²) in [5.41, 5.74) is 3.97. The van der Waals surface area contributed by atoms with Gasteiger partial charge < -0.3 is 9.47 Å². The third-order valence-corrected chi connectivity index (χ3v) is 6.36. The van der Waals surface area contributed by atoms with Crippen LogP contribution in [0.3, 0.4) is 0 Å². The molecule has 0 saturated heterocycles. The molecule has 7 heteroatoms. The summed E-state index contributed by atoms with van der Waals surface area (Å²) in [6.07, 6.45) is 0.332. The molecular weight excluding hydrogens is 487 g/mol. The zero-order valence-electron chi connectivity index (χ0n) is 16.0. The molecule has 2 aliphatic heterocycles. The Balaban J connectivity index is 1.61. The maximum Gasteiger partial charge on any atom is 0.213 e. The van der Waals surface area contributed by atoms with E-state index in [1.54, 1.807) is 13.2 Å². The van der Waals surface area contributed by atoms with Gasteiger partial charge in [-0.1, -0.05) is 51.3 Å². The van der Waals surface area contributed by atoms with Gasteiger partial charge in [0.15, 0.2) is 0 Å². The average Bonchev–Trinajstić information content (AvgIpc) is 3.19. The average molecular weight is 504 g/mol. The predicted octanol–water partition coefficient (Wildman–Crippen LogP) is 7.01. The fraction of sp³-hybridized carbons (Fsp3) is 0.174. The highest BCUT2D eigenvalue weighted by atomic mass is 79.9. The van der Waals surface area contributed by atoms with E-state index in [9.17, 15) is 0 Å². The van der Waals surface area contributed by atoms with Crippen LogP contribution in [0.1, 0.15) is 35.4 Å². The number of hydrogen-bond acceptors (Lipinski definition) is 4. The molecule has 3 aromatic carbocycles. The van der Waals surface area contributed by atoms with Crippen molar-refractivity contribution < 1.29 is 9.47 Å². The molecule has 0 aliphatic carbocycles. The van der Waals surface area contributed by atoms with Crippen molar-refractivity contribution in [3.8, 4) is 11.5 Å². The Bertz CT molecular complexity index is 1150. The first kappa shape index (κ1) is 19.7. The number of methoxy groups -OCH3 is 1. The van der Waals surface area contributed by atoms with Crippen LogP contribution in [0, 0.1) is 0 Å². The number of rotatable bonds is 3. The minimum Gasteiger partial charge on any atom is -0.497 e. The van der Waals surface area contributed by atoms with Gasteiger partial charge in [0.05, 0.1) is 23.9 Å². The van der Waals surface area contributed by atoms with Crippen LogP contribution in [0.5, 0.6) is 11.5 Å². The summed E-state index contributed by atoms with van der Waals surface area (Å²) in [4.78, 5) is 0. The summed E-state index contributed by atoms with van der Waals surface area (Å²) in [7, 11) is 1.66. The lowest BCUT2D eigenvalue weighted by atomic mass is 9.96. The van der Waals surface area contributed by atoms with Gasteiger partial charge in [-0.2, -0.15) is 5.10 Å². The van der Waals surface area contributed by atoms with Crippen molar-refractivity contribution in [2.45, 2.75) is 18.7 Å². The van der Waals surface area contributed by atoms with Gasteiger partial charge in [0.25, 0.3) is 0 Å². The third-order valence-electron chi connectivity index (χ3n) is 5.37. The molecule has 30 heavy (non-hydrogen) atoms. The smallest absolute Gasteiger partial charge is 0.213 e. The van der Waals surface area contributed by atoms with E-state index in [4.69, 9.17) is 37.8 Å². The zero-order valence-corrected chi connectivity index (χ0v) is 19.1. The number of hydrogen-bond donors (Lipinski definition) is 0. The van der Waals surface area contributed by atoms with E-state index in [1.165, 1.54) is 0 Å². The maximum atomic E-state index is 6.52. The molecule has 0 N–H and O–H groups in total. The van der Waals surface area contributed by atoms with Crippen LogP contribution in [0.4, 0.5) is 0 Å². The van der Waals surface area contributed by atoms with Crippen molar-refractivity contribution in [3.63, 3.8) is 0 Å². The van der Waals surface area contributed by atoms with E-state index in [0.29, 0.717) is 15.8 Å². The lowest BCUT2D eigenvalue weighted by Gasteiger charge is -2.38. The molecular formula is C23H17BrCl2N2O2. The van der Waals surface area contributed by atoms with Crippen molar-refractivity contribution in [2.24, 2.45) is 5.10 Å². The molecule has 3 aromatic rings. The third kappa shape index (κ3) is 3.45. The Morgan fingerprint density at radius 2 is 1.90 bits per heavy atom. The molecule has 2 heterocycles. The van der Waals surface area contributed by atoms with Crippen LogP contribution in [-0.2, 0) is 0 Å². The lowest BCUT2D eigenvalue weighted by molar-refractivity contribution is -0.0189. The topological polar surface area (TPSA) is 34.1 Å². The van der Waals surface area contributed by atoms with E-state index < -0.39 is 6.23 Å². The summed E-state index contributed by atoms with van der Waals surface area (Å²) < 4.78 is 12.6. The number of nitrogens with zero attached hydrogens (tertiary/aromatic N) is 2. The van der Waals surface area contributed by atoms with Gasteiger partial charge in [0.2, 0.25) is 6.23 Å². The van der Waals surface area contributed by atoms with Gasteiger partial charge in [-0.25, -0.2) is 5.01 Å². The van der Waals surface area contributed by atoms with Crippen molar-refractivity contribution >= 4 is 44.8 Å². The van der Waals surface area contributed by atoms with E-state index in [1.807, 2.05) is 59.6 Å². The molecule has 2 atom stereocenters. The van der Waals surface area contributed by atoms with Crippen LogP contribution in [0.25, 0.3) is 0 Å². The second-order valence-electron chi connectivity index (χ2n) is 7.21. The molecule has 2 aliphatic rings. The van der Waals surface area contributed by atoms with E-state index in [-0.39, 0.29) is 6.04 Å². The van der Waals surface area contributed by atoms with Gasteiger partial charge in [0, 0.05) is 27.0 Å². The number of fused-ring (bicyclic) bond motifs is 3. The van der Waals surface area contributed by atoms with Gasteiger partial charge in [0.1, 0.15) is 11.5 Å². The minimum absolute atomic E-state index is 0.0222. The summed E-state index contributed by atoms with van der Waals surface area (Å²) in [6.45, 7) is 0. The monoisotopic (exact) mass is 502 g/mol. The molecule has 0 amide bonds. The van der Waals surface area contributed by atoms with Crippen molar-refractivity contribution in [1.82, 2.24) is 5.01 Å². The van der Waals surface area contributed by atoms with E-state index in [0.717, 1.165) is 39.0 Å². The molecule has 0 saturated carbocycles. The lowest BCUT2D eigenvalue weighted by Crippen LogP contribution is -2.33. The minimum atomic E-state index is -0.394. The summed E-state index contributed by atoms with van der Waals surface area (Å²) >= 11 is 16.4. The van der Waals surface area contributed by atoms with E-state index >= 15 is 0 Å². The second kappa shape index (κ2) is 7.80. The van der Waals surface area contributed by atoms with Crippen molar-refractivity contribution in [1.29, 1.82) is 0 Å². The SMILES string of the molecule is COc1ccc(C2=NN3[C@@H](C2)c2cc(Cl)cc(Cl)c2O[C@H]3c2cccc(Br)c2)cc1. The predicted molar refractivity (Wildman–Crippen MR) is 123 cm³/mol. The molecule has 4 nitrogen and oxygen atoms in total. The Labute approximate surface area is 193 Å². The highest BCUT2D eigenvalue weighted by Gasteiger charge is 2.42. The first-order valence-corrected chi connectivity index (χ1v) is 11.0. The molecule has 0 aromatic heterocycles. The molecule has 0 spiro atoms. The first-order chi connectivity index (χ1) is 14.5. The van der Waals surface area contributed by atoms with Crippen LogP contribution < -0.4 is 9.47 Å². The van der Waals surface area contributed by atoms with Gasteiger partial charge in [-0.05, 0) is 54.1 Å². The van der Waals surface area contributed by atoms with Crippen LogP contribution in [0.2, 0.25) is 10.0 Å². The second-order valence-corrected chi connectivity index (χ2v) is 8.97.